The van der Waals surface area contributed by atoms with Gasteiger partial charge in [-0.1, -0.05) is 6.92 Å². The number of piperidine rings is 2. The molecule has 1 amide bonds. The number of hydrogen-bond acceptors (Lipinski definition) is 3. The zero-order valence-electron chi connectivity index (χ0n) is 12.0. The third kappa shape index (κ3) is 3.94. The molecule has 0 aromatic rings. The van der Waals surface area contributed by atoms with E-state index in [1.165, 1.54) is 6.42 Å². The van der Waals surface area contributed by atoms with Crippen LogP contribution in [0.1, 0.15) is 39.0 Å². The summed E-state index contributed by atoms with van der Waals surface area (Å²) in [6.45, 7) is 6.83. The Kier molecular flexibility index (Phi) is 5.21. The lowest BCUT2D eigenvalue weighted by Gasteiger charge is -2.37. The Morgan fingerprint density at radius 3 is 2.79 bits per heavy atom. The first-order valence-corrected chi connectivity index (χ1v) is 7.59. The maximum absolute atomic E-state index is 12.6. The molecule has 0 spiro atoms. The van der Waals surface area contributed by atoms with E-state index in [1.807, 2.05) is 0 Å². The van der Waals surface area contributed by atoms with Gasteiger partial charge in [0, 0.05) is 32.6 Å². The fraction of sp³-hybridized carbons (Fsp3) is 0.867. The molecular weight excluding hydrogens is 238 g/mol. The Labute approximate surface area is 116 Å². The molecule has 2 heterocycles. The Hall–Kier alpha value is -1.08. The van der Waals surface area contributed by atoms with Crippen molar-refractivity contribution in [3.63, 3.8) is 0 Å². The quantitative estimate of drug-likeness (QED) is 0.781. The van der Waals surface area contributed by atoms with E-state index in [-0.39, 0.29) is 5.92 Å². The van der Waals surface area contributed by atoms with E-state index in [4.69, 9.17) is 5.26 Å². The standard InChI is InChI=1S/C15H25N3O/c1-13-5-2-10-18(11-13)15(19)14-6-3-8-17(12-14)9-4-7-16/h13-14H,2-6,8-12H2,1H3. The first kappa shape index (κ1) is 14.3. The van der Waals surface area contributed by atoms with Gasteiger partial charge < -0.3 is 9.80 Å². The molecule has 0 bridgehead atoms. The maximum atomic E-state index is 12.6. The van der Waals surface area contributed by atoms with Crippen molar-refractivity contribution in [2.75, 3.05) is 32.7 Å². The molecule has 2 saturated heterocycles. The molecule has 4 heteroatoms. The lowest BCUT2D eigenvalue weighted by atomic mass is 9.93. The monoisotopic (exact) mass is 263 g/mol. The highest BCUT2D eigenvalue weighted by atomic mass is 16.2. The van der Waals surface area contributed by atoms with Crippen LogP contribution in [0.3, 0.4) is 0 Å². The minimum absolute atomic E-state index is 0.165. The third-order valence-electron chi connectivity index (χ3n) is 4.36. The number of hydrogen-bond donors (Lipinski definition) is 0. The van der Waals surface area contributed by atoms with Gasteiger partial charge in [0.1, 0.15) is 0 Å². The molecular formula is C15H25N3O. The largest absolute Gasteiger partial charge is 0.342 e. The summed E-state index contributed by atoms with van der Waals surface area (Å²) in [5, 5.41) is 8.65. The van der Waals surface area contributed by atoms with E-state index >= 15 is 0 Å². The van der Waals surface area contributed by atoms with Crippen LogP contribution in [0.2, 0.25) is 0 Å². The van der Waals surface area contributed by atoms with Gasteiger partial charge in [-0.2, -0.15) is 5.26 Å². The second-order valence-electron chi connectivity index (χ2n) is 6.08. The zero-order chi connectivity index (χ0) is 13.7. The van der Waals surface area contributed by atoms with Crippen LogP contribution < -0.4 is 0 Å². The summed E-state index contributed by atoms with van der Waals surface area (Å²) in [5.41, 5.74) is 0. The fourth-order valence-corrected chi connectivity index (χ4v) is 3.32. The first-order chi connectivity index (χ1) is 9.20. The van der Waals surface area contributed by atoms with Gasteiger partial charge in [0.2, 0.25) is 5.91 Å². The molecule has 2 atom stereocenters. The predicted molar refractivity (Wildman–Crippen MR) is 74.4 cm³/mol. The van der Waals surface area contributed by atoms with Gasteiger partial charge in [0.05, 0.1) is 12.0 Å². The number of carbonyl (C=O) groups excluding carboxylic acids is 1. The maximum Gasteiger partial charge on any atom is 0.226 e. The van der Waals surface area contributed by atoms with Crippen molar-refractivity contribution < 1.29 is 4.79 Å². The van der Waals surface area contributed by atoms with Gasteiger partial charge in [0.25, 0.3) is 0 Å². The van der Waals surface area contributed by atoms with Crippen molar-refractivity contribution in [1.82, 2.24) is 9.80 Å². The Bertz CT molecular complexity index is 350. The molecule has 19 heavy (non-hydrogen) atoms. The molecule has 0 radical (unpaired) electrons. The van der Waals surface area contributed by atoms with Crippen molar-refractivity contribution >= 4 is 5.91 Å². The minimum atomic E-state index is 0.165. The van der Waals surface area contributed by atoms with E-state index in [0.717, 1.165) is 52.0 Å². The number of likely N-dealkylation sites (tertiary alicyclic amines) is 2. The number of nitrogens with zero attached hydrogens (tertiary/aromatic N) is 3. The fourth-order valence-electron chi connectivity index (χ4n) is 3.32. The summed E-state index contributed by atoms with van der Waals surface area (Å²) in [5.74, 6) is 1.17. The van der Waals surface area contributed by atoms with E-state index in [2.05, 4.69) is 22.8 Å². The second-order valence-corrected chi connectivity index (χ2v) is 6.08. The molecule has 2 unspecified atom stereocenters. The van der Waals surface area contributed by atoms with Gasteiger partial charge in [0.15, 0.2) is 0 Å². The number of carbonyl (C=O) groups is 1. The van der Waals surface area contributed by atoms with Crippen molar-refractivity contribution in [2.45, 2.75) is 39.0 Å². The summed E-state index contributed by atoms with van der Waals surface area (Å²) < 4.78 is 0. The van der Waals surface area contributed by atoms with Crippen molar-refractivity contribution in [3.05, 3.63) is 0 Å². The second kappa shape index (κ2) is 6.91. The highest BCUT2D eigenvalue weighted by molar-refractivity contribution is 5.79. The molecule has 4 nitrogen and oxygen atoms in total. The Morgan fingerprint density at radius 2 is 2.05 bits per heavy atom. The van der Waals surface area contributed by atoms with E-state index in [1.54, 1.807) is 0 Å². The molecule has 0 N–H and O–H groups in total. The lowest BCUT2D eigenvalue weighted by Crippen LogP contribution is -2.47. The van der Waals surface area contributed by atoms with Crippen molar-refractivity contribution in [2.24, 2.45) is 11.8 Å². The summed E-state index contributed by atoms with van der Waals surface area (Å²) >= 11 is 0. The molecule has 2 aliphatic rings. The molecule has 0 aromatic heterocycles. The molecule has 2 fully saturated rings. The van der Waals surface area contributed by atoms with E-state index < -0.39 is 0 Å². The van der Waals surface area contributed by atoms with Gasteiger partial charge in [-0.15, -0.1) is 0 Å². The van der Waals surface area contributed by atoms with Gasteiger partial charge in [-0.25, -0.2) is 0 Å². The van der Waals surface area contributed by atoms with Crippen LogP contribution in [0.15, 0.2) is 0 Å². The molecule has 2 aliphatic heterocycles. The number of nitriles is 1. The molecule has 0 saturated carbocycles. The van der Waals surface area contributed by atoms with Crippen LogP contribution in [0.5, 0.6) is 0 Å². The molecule has 0 aliphatic carbocycles. The third-order valence-corrected chi connectivity index (χ3v) is 4.36. The Morgan fingerprint density at radius 1 is 1.26 bits per heavy atom. The number of rotatable bonds is 3. The minimum Gasteiger partial charge on any atom is -0.342 e. The van der Waals surface area contributed by atoms with Crippen LogP contribution in [0, 0.1) is 23.2 Å². The smallest absolute Gasteiger partial charge is 0.226 e. The van der Waals surface area contributed by atoms with Crippen LogP contribution >= 0.6 is 0 Å². The molecule has 2 rings (SSSR count). The summed E-state index contributed by atoms with van der Waals surface area (Å²) in [7, 11) is 0. The summed E-state index contributed by atoms with van der Waals surface area (Å²) in [6.07, 6.45) is 5.08. The van der Waals surface area contributed by atoms with Crippen LogP contribution in [-0.2, 0) is 4.79 Å². The number of amides is 1. The Balaban J connectivity index is 1.86. The topological polar surface area (TPSA) is 47.3 Å². The van der Waals surface area contributed by atoms with Crippen LogP contribution in [0.4, 0.5) is 0 Å². The van der Waals surface area contributed by atoms with Crippen molar-refractivity contribution in [1.29, 1.82) is 5.26 Å². The predicted octanol–water partition coefficient (Wildman–Crippen LogP) is 1.87. The van der Waals surface area contributed by atoms with E-state index in [9.17, 15) is 4.79 Å². The first-order valence-electron chi connectivity index (χ1n) is 7.59. The SMILES string of the molecule is CC1CCCN(C(=O)C2CCCN(CCC#N)C2)C1. The van der Waals surface area contributed by atoms with E-state index in [0.29, 0.717) is 18.2 Å². The normalized spacial score (nSPS) is 28.9. The molecule has 0 aromatic carbocycles. The highest BCUT2D eigenvalue weighted by Gasteiger charge is 2.30. The highest BCUT2D eigenvalue weighted by Crippen LogP contribution is 2.22. The zero-order valence-corrected chi connectivity index (χ0v) is 12.0. The summed E-state index contributed by atoms with van der Waals surface area (Å²) in [6, 6.07) is 2.19. The summed E-state index contributed by atoms with van der Waals surface area (Å²) in [4.78, 5) is 16.9. The van der Waals surface area contributed by atoms with Crippen molar-refractivity contribution in [3.8, 4) is 6.07 Å². The van der Waals surface area contributed by atoms with Gasteiger partial charge in [-0.05, 0) is 38.1 Å². The van der Waals surface area contributed by atoms with Crippen LogP contribution in [-0.4, -0.2) is 48.4 Å². The lowest BCUT2D eigenvalue weighted by molar-refractivity contribution is -0.139. The van der Waals surface area contributed by atoms with Gasteiger partial charge in [-0.3, -0.25) is 4.79 Å². The average Bonchev–Trinajstić information content (AvgIpc) is 2.44. The molecule has 106 valence electrons. The average molecular weight is 263 g/mol. The van der Waals surface area contributed by atoms with Gasteiger partial charge >= 0.3 is 0 Å². The van der Waals surface area contributed by atoms with Crippen LogP contribution in [0.25, 0.3) is 0 Å².